The van der Waals surface area contributed by atoms with Crippen molar-refractivity contribution in [3.05, 3.63) is 0 Å². The molecule has 1 aliphatic heterocycles. The van der Waals surface area contributed by atoms with Crippen molar-refractivity contribution in [3.8, 4) is 12.3 Å². The summed E-state index contributed by atoms with van der Waals surface area (Å²) in [6, 6.07) is -0.0658. The Kier molecular flexibility index (Phi) is 5.31. The molecule has 1 unspecified atom stereocenters. The van der Waals surface area contributed by atoms with Crippen molar-refractivity contribution in [2.75, 3.05) is 13.2 Å². The van der Waals surface area contributed by atoms with E-state index in [-0.39, 0.29) is 18.4 Å². The molecule has 0 aliphatic carbocycles. The Labute approximate surface area is 73.9 Å². The van der Waals surface area contributed by atoms with Gasteiger partial charge in [-0.25, -0.2) is 0 Å². The number of hydrogen-bond acceptors (Lipinski definition) is 2. The molecule has 11 heavy (non-hydrogen) atoms. The van der Waals surface area contributed by atoms with Crippen LogP contribution in [-0.4, -0.2) is 19.3 Å². The molecular formula is C8H14ClNO. The van der Waals surface area contributed by atoms with Crippen LogP contribution < -0.4 is 5.73 Å². The lowest BCUT2D eigenvalue weighted by Crippen LogP contribution is -2.32. The molecule has 1 aliphatic rings. The van der Waals surface area contributed by atoms with Gasteiger partial charge < -0.3 is 10.5 Å². The molecule has 3 heteroatoms. The van der Waals surface area contributed by atoms with Crippen LogP contribution in [-0.2, 0) is 4.74 Å². The highest BCUT2D eigenvalue weighted by Gasteiger charge is 2.18. The fourth-order valence-corrected chi connectivity index (χ4v) is 1.21. The molecule has 1 saturated heterocycles. The van der Waals surface area contributed by atoms with Crippen molar-refractivity contribution in [1.82, 2.24) is 0 Å². The standard InChI is InChI=1S/C8H13NO.ClH/c1-2-8(9)7-3-5-10-6-4-7;/h1,7-8H,3-6,9H2;1H. The molecule has 1 rings (SSSR count). The van der Waals surface area contributed by atoms with Gasteiger partial charge in [-0.1, -0.05) is 5.92 Å². The smallest absolute Gasteiger partial charge is 0.0692 e. The van der Waals surface area contributed by atoms with Gasteiger partial charge in [0.25, 0.3) is 0 Å². The van der Waals surface area contributed by atoms with Crippen LogP contribution in [0.2, 0.25) is 0 Å². The quantitative estimate of drug-likeness (QED) is 0.599. The number of rotatable bonds is 1. The van der Waals surface area contributed by atoms with E-state index < -0.39 is 0 Å². The first-order valence-electron chi connectivity index (χ1n) is 3.64. The third kappa shape index (κ3) is 3.11. The fraction of sp³-hybridized carbons (Fsp3) is 0.750. The van der Waals surface area contributed by atoms with E-state index in [1.54, 1.807) is 0 Å². The van der Waals surface area contributed by atoms with Crippen molar-refractivity contribution >= 4 is 12.4 Å². The number of nitrogens with two attached hydrogens (primary N) is 1. The van der Waals surface area contributed by atoms with E-state index in [0.717, 1.165) is 26.1 Å². The van der Waals surface area contributed by atoms with Gasteiger partial charge in [-0.3, -0.25) is 0 Å². The molecule has 0 amide bonds. The lowest BCUT2D eigenvalue weighted by Gasteiger charge is -2.24. The molecule has 0 saturated carbocycles. The summed E-state index contributed by atoms with van der Waals surface area (Å²) in [6.07, 6.45) is 7.23. The zero-order valence-electron chi connectivity index (χ0n) is 6.45. The van der Waals surface area contributed by atoms with Crippen molar-refractivity contribution in [2.45, 2.75) is 18.9 Å². The summed E-state index contributed by atoms with van der Waals surface area (Å²) in [5, 5.41) is 0. The molecule has 0 bridgehead atoms. The molecule has 1 heterocycles. The first-order valence-corrected chi connectivity index (χ1v) is 3.64. The van der Waals surface area contributed by atoms with Crippen LogP contribution in [0.4, 0.5) is 0 Å². The monoisotopic (exact) mass is 175 g/mol. The molecular weight excluding hydrogens is 162 g/mol. The molecule has 1 fully saturated rings. The van der Waals surface area contributed by atoms with E-state index in [9.17, 15) is 0 Å². The maximum Gasteiger partial charge on any atom is 0.0692 e. The summed E-state index contributed by atoms with van der Waals surface area (Å²) in [5.41, 5.74) is 5.66. The molecule has 0 aromatic rings. The Balaban J connectivity index is 0.000001000. The van der Waals surface area contributed by atoms with Gasteiger partial charge in [0.15, 0.2) is 0 Å². The Morgan fingerprint density at radius 1 is 1.45 bits per heavy atom. The second kappa shape index (κ2) is 5.42. The highest BCUT2D eigenvalue weighted by atomic mass is 35.5. The molecule has 0 aromatic carbocycles. The van der Waals surface area contributed by atoms with Crippen LogP contribution in [0, 0.1) is 18.3 Å². The average molecular weight is 176 g/mol. The lowest BCUT2D eigenvalue weighted by molar-refractivity contribution is 0.0636. The van der Waals surface area contributed by atoms with E-state index in [0.29, 0.717) is 5.92 Å². The van der Waals surface area contributed by atoms with Gasteiger partial charge in [0.1, 0.15) is 0 Å². The lowest BCUT2D eigenvalue weighted by atomic mass is 9.93. The molecule has 2 N–H and O–H groups in total. The van der Waals surface area contributed by atoms with Crippen molar-refractivity contribution < 1.29 is 4.74 Å². The zero-order chi connectivity index (χ0) is 7.40. The van der Waals surface area contributed by atoms with Gasteiger partial charge in [-0.05, 0) is 18.8 Å². The predicted octanol–water partition coefficient (Wildman–Crippen LogP) is 0.795. The topological polar surface area (TPSA) is 35.2 Å². The highest BCUT2D eigenvalue weighted by molar-refractivity contribution is 5.85. The van der Waals surface area contributed by atoms with Crippen LogP contribution in [0.15, 0.2) is 0 Å². The van der Waals surface area contributed by atoms with E-state index in [2.05, 4.69) is 5.92 Å². The minimum atomic E-state index is -0.0658. The van der Waals surface area contributed by atoms with Gasteiger partial charge in [-0.2, -0.15) is 0 Å². The number of terminal acetylenes is 1. The van der Waals surface area contributed by atoms with E-state index in [1.165, 1.54) is 0 Å². The van der Waals surface area contributed by atoms with Gasteiger partial charge >= 0.3 is 0 Å². The molecule has 64 valence electrons. The number of hydrogen-bond donors (Lipinski definition) is 1. The Hall–Kier alpha value is -0.230. The molecule has 0 radical (unpaired) electrons. The first-order chi connectivity index (χ1) is 4.84. The van der Waals surface area contributed by atoms with Crippen LogP contribution in [0.5, 0.6) is 0 Å². The minimum Gasteiger partial charge on any atom is -0.381 e. The van der Waals surface area contributed by atoms with Gasteiger partial charge in [0, 0.05) is 13.2 Å². The summed E-state index contributed by atoms with van der Waals surface area (Å²) in [7, 11) is 0. The summed E-state index contributed by atoms with van der Waals surface area (Å²) in [5.74, 6) is 3.04. The third-order valence-corrected chi connectivity index (χ3v) is 1.97. The van der Waals surface area contributed by atoms with E-state index in [4.69, 9.17) is 16.9 Å². The second-order valence-corrected chi connectivity index (χ2v) is 2.64. The Morgan fingerprint density at radius 3 is 2.45 bits per heavy atom. The van der Waals surface area contributed by atoms with Crippen LogP contribution in [0.25, 0.3) is 0 Å². The molecule has 1 atom stereocenters. The summed E-state index contributed by atoms with van der Waals surface area (Å²) >= 11 is 0. The van der Waals surface area contributed by atoms with Gasteiger partial charge in [-0.15, -0.1) is 18.8 Å². The zero-order valence-corrected chi connectivity index (χ0v) is 7.27. The summed E-state index contributed by atoms with van der Waals surface area (Å²) in [4.78, 5) is 0. The maximum absolute atomic E-state index is 5.66. The minimum absolute atomic E-state index is 0. The van der Waals surface area contributed by atoms with Crippen molar-refractivity contribution in [1.29, 1.82) is 0 Å². The fourth-order valence-electron chi connectivity index (χ4n) is 1.21. The van der Waals surface area contributed by atoms with Crippen LogP contribution in [0.3, 0.4) is 0 Å². The molecule has 0 aromatic heterocycles. The first kappa shape index (κ1) is 10.8. The van der Waals surface area contributed by atoms with E-state index in [1.807, 2.05) is 0 Å². The molecule has 2 nitrogen and oxygen atoms in total. The predicted molar refractivity (Wildman–Crippen MR) is 47.6 cm³/mol. The molecule has 0 spiro atoms. The maximum atomic E-state index is 5.66. The van der Waals surface area contributed by atoms with Crippen molar-refractivity contribution in [2.24, 2.45) is 11.7 Å². The number of ether oxygens (including phenoxy) is 1. The van der Waals surface area contributed by atoms with E-state index >= 15 is 0 Å². The third-order valence-electron chi connectivity index (χ3n) is 1.97. The highest BCUT2D eigenvalue weighted by Crippen LogP contribution is 2.16. The average Bonchev–Trinajstić information content (AvgIpc) is 2.05. The largest absolute Gasteiger partial charge is 0.381 e. The SMILES string of the molecule is C#CC(N)C1CCOCC1.Cl. The van der Waals surface area contributed by atoms with Gasteiger partial charge in [0.2, 0.25) is 0 Å². The second-order valence-electron chi connectivity index (χ2n) is 2.64. The van der Waals surface area contributed by atoms with Crippen LogP contribution in [0.1, 0.15) is 12.8 Å². The van der Waals surface area contributed by atoms with Gasteiger partial charge in [0.05, 0.1) is 6.04 Å². The number of halogens is 1. The normalized spacial score (nSPS) is 21.5. The Morgan fingerprint density at radius 2 is 2.00 bits per heavy atom. The summed E-state index contributed by atoms with van der Waals surface area (Å²) in [6.45, 7) is 1.64. The van der Waals surface area contributed by atoms with Crippen LogP contribution >= 0.6 is 12.4 Å². The van der Waals surface area contributed by atoms with Crippen molar-refractivity contribution in [3.63, 3.8) is 0 Å². The Bertz CT molecular complexity index is 138. The summed E-state index contributed by atoms with van der Waals surface area (Å²) < 4.78 is 5.17.